The van der Waals surface area contributed by atoms with Gasteiger partial charge in [0.25, 0.3) is 0 Å². The lowest BCUT2D eigenvalue weighted by Gasteiger charge is -2.22. The Morgan fingerprint density at radius 1 is 1.35 bits per heavy atom. The Labute approximate surface area is 121 Å². The third-order valence-electron chi connectivity index (χ3n) is 2.76. The van der Waals surface area contributed by atoms with Gasteiger partial charge in [0, 0.05) is 17.4 Å². The van der Waals surface area contributed by atoms with Crippen molar-refractivity contribution in [2.24, 2.45) is 0 Å². The minimum absolute atomic E-state index is 0.0220. The molecule has 0 bridgehead atoms. The zero-order valence-corrected chi connectivity index (χ0v) is 12.2. The van der Waals surface area contributed by atoms with Crippen LogP contribution in [0.2, 0.25) is 5.02 Å². The van der Waals surface area contributed by atoms with E-state index in [-0.39, 0.29) is 5.02 Å². The second kappa shape index (κ2) is 5.34. The fourth-order valence-corrected chi connectivity index (χ4v) is 1.98. The van der Waals surface area contributed by atoms with Gasteiger partial charge in [-0.25, -0.2) is 14.4 Å². The van der Waals surface area contributed by atoms with Crippen molar-refractivity contribution in [3.8, 4) is 0 Å². The molecule has 0 aliphatic rings. The Balaban J connectivity index is 2.47. The van der Waals surface area contributed by atoms with Gasteiger partial charge in [-0.05, 0) is 39.0 Å². The third kappa shape index (κ3) is 3.23. The molecule has 0 aliphatic heterocycles. The van der Waals surface area contributed by atoms with Gasteiger partial charge >= 0.3 is 0 Å². The largest absolute Gasteiger partial charge is 0.386 e. The molecule has 4 nitrogen and oxygen atoms in total. The maximum Gasteiger partial charge on any atom is 0.142 e. The fourth-order valence-electron chi connectivity index (χ4n) is 1.82. The molecule has 0 fully saturated rings. The SMILES string of the molecule is Cc1nccc(Nc2cc(Cl)c(F)cc2C(C)(C)O)n1. The van der Waals surface area contributed by atoms with Crippen LogP contribution in [-0.2, 0) is 5.60 Å². The molecule has 1 heterocycles. The third-order valence-corrected chi connectivity index (χ3v) is 3.05. The summed E-state index contributed by atoms with van der Waals surface area (Å²) in [5, 5.41) is 13.1. The number of aliphatic hydroxyl groups is 1. The Morgan fingerprint density at radius 3 is 2.65 bits per heavy atom. The van der Waals surface area contributed by atoms with Crippen molar-refractivity contribution in [1.82, 2.24) is 9.97 Å². The average molecular weight is 296 g/mol. The van der Waals surface area contributed by atoms with E-state index in [1.54, 1.807) is 33.0 Å². The second-order valence-corrected chi connectivity index (χ2v) is 5.39. The highest BCUT2D eigenvalue weighted by Crippen LogP contribution is 2.33. The molecule has 106 valence electrons. The van der Waals surface area contributed by atoms with E-state index in [4.69, 9.17) is 11.6 Å². The highest BCUT2D eigenvalue weighted by atomic mass is 35.5. The van der Waals surface area contributed by atoms with Crippen LogP contribution in [-0.4, -0.2) is 15.1 Å². The first-order chi connectivity index (χ1) is 9.27. The molecule has 2 N–H and O–H groups in total. The second-order valence-electron chi connectivity index (χ2n) is 4.99. The Hall–Kier alpha value is -1.72. The summed E-state index contributed by atoms with van der Waals surface area (Å²) >= 11 is 5.80. The van der Waals surface area contributed by atoms with Crippen molar-refractivity contribution in [3.05, 3.63) is 46.6 Å². The van der Waals surface area contributed by atoms with E-state index in [2.05, 4.69) is 15.3 Å². The number of nitrogens with zero attached hydrogens (tertiary/aromatic N) is 2. The summed E-state index contributed by atoms with van der Waals surface area (Å²) < 4.78 is 13.6. The molecule has 0 spiro atoms. The van der Waals surface area contributed by atoms with E-state index >= 15 is 0 Å². The smallest absolute Gasteiger partial charge is 0.142 e. The number of hydrogen-bond acceptors (Lipinski definition) is 4. The number of halogens is 2. The first kappa shape index (κ1) is 14.7. The minimum Gasteiger partial charge on any atom is -0.386 e. The van der Waals surface area contributed by atoms with Gasteiger partial charge in [0.1, 0.15) is 17.5 Å². The van der Waals surface area contributed by atoms with Gasteiger partial charge < -0.3 is 10.4 Å². The van der Waals surface area contributed by atoms with Gasteiger partial charge in [-0.3, -0.25) is 0 Å². The van der Waals surface area contributed by atoms with Crippen LogP contribution in [0.4, 0.5) is 15.9 Å². The van der Waals surface area contributed by atoms with Gasteiger partial charge in [0.15, 0.2) is 0 Å². The van der Waals surface area contributed by atoms with Crippen LogP contribution in [0, 0.1) is 12.7 Å². The maximum atomic E-state index is 13.6. The molecule has 2 rings (SSSR count). The summed E-state index contributed by atoms with van der Waals surface area (Å²) in [4.78, 5) is 8.20. The van der Waals surface area contributed by atoms with Crippen LogP contribution >= 0.6 is 11.6 Å². The molecule has 20 heavy (non-hydrogen) atoms. The van der Waals surface area contributed by atoms with Crippen LogP contribution in [0.25, 0.3) is 0 Å². The van der Waals surface area contributed by atoms with Crippen molar-refractivity contribution in [1.29, 1.82) is 0 Å². The molecule has 0 radical (unpaired) electrons. The molecule has 0 unspecified atom stereocenters. The van der Waals surface area contributed by atoms with Gasteiger partial charge in [-0.2, -0.15) is 0 Å². The number of nitrogens with one attached hydrogen (secondary N) is 1. The number of benzene rings is 1. The fraction of sp³-hybridized carbons (Fsp3) is 0.286. The molecule has 0 aliphatic carbocycles. The predicted molar refractivity (Wildman–Crippen MR) is 76.7 cm³/mol. The van der Waals surface area contributed by atoms with Gasteiger partial charge in [0.05, 0.1) is 10.6 Å². The predicted octanol–water partition coefficient (Wildman–Crippen LogP) is 3.55. The molecule has 6 heteroatoms. The topological polar surface area (TPSA) is 58.0 Å². The highest BCUT2D eigenvalue weighted by molar-refractivity contribution is 6.31. The molecule has 1 aromatic carbocycles. The first-order valence-electron chi connectivity index (χ1n) is 6.06. The quantitative estimate of drug-likeness (QED) is 0.909. The summed E-state index contributed by atoms with van der Waals surface area (Å²) in [6.45, 7) is 4.91. The van der Waals surface area contributed by atoms with Crippen molar-refractivity contribution >= 4 is 23.1 Å². The Bertz CT molecular complexity index is 641. The monoisotopic (exact) mass is 295 g/mol. The number of anilines is 2. The van der Waals surface area contributed by atoms with E-state index in [1.165, 1.54) is 12.1 Å². The van der Waals surface area contributed by atoms with Crippen molar-refractivity contribution < 1.29 is 9.50 Å². The van der Waals surface area contributed by atoms with Crippen LogP contribution < -0.4 is 5.32 Å². The van der Waals surface area contributed by atoms with Crippen LogP contribution in [0.1, 0.15) is 25.2 Å². The van der Waals surface area contributed by atoms with Crippen LogP contribution in [0.15, 0.2) is 24.4 Å². The molecule has 0 saturated heterocycles. The Kier molecular flexibility index (Phi) is 3.92. The molecule has 0 amide bonds. The molecule has 0 saturated carbocycles. The van der Waals surface area contributed by atoms with Crippen molar-refractivity contribution in [3.63, 3.8) is 0 Å². The minimum atomic E-state index is -1.21. The molecular formula is C14H15ClFN3O. The lowest BCUT2D eigenvalue weighted by Crippen LogP contribution is -2.18. The Morgan fingerprint density at radius 2 is 2.05 bits per heavy atom. The highest BCUT2D eigenvalue weighted by Gasteiger charge is 2.22. The maximum absolute atomic E-state index is 13.6. The number of rotatable bonds is 3. The van der Waals surface area contributed by atoms with Crippen LogP contribution in [0.5, 0.6) is 0 Å². The number of aromatic nitrogens is 2. The summed E-state index contributed by atoms with van der Waals surface area (Å²) in [5.41, 5.74) is -0.312. The van der Waals surface area contributed by atoms with Gasteiger partial charge in [0.2, 0.25) is 0 Å². The average Bonchev–Trinajstić information content (AvgIpc) is 2.32. The van der Waals surface area contributed by atoms with Crippen molar-refractivity contribution in [2.45, 2.75) is 26.4 Å². The molecule has 2 aromatic rings. The summed E-state index contributed by atoms with van der Waals surface area (Å²) in [7, 11) is 0. The van der Waals surface area contributed by atoms with E-state index in [0.29, 0.717) is 22.9 Å². The lowest BCUT2D eigenvalue weighted by atomic mass is 9.96. The normalized spacial score (nSPS) is 11.5. The standard InChI is InChI=1S/C14H15ClFN3O/c1-8-17-5-4-13(18-8)19-12-7-10(15)11(16)6-9(12)14(2,3)20/h4-7,20H,1-3H3,(H,17,18,19). The molecular weight excluding hydrogens is 281 g/mol. The summed E-state index contributed by atoms with van der Waals surface area (Å²) in [6.07, 6.45) is 1.61. The van der Waals surface area contributed by atoms with E-state index in [9.17, 15) is 9.50 Å². The van der Waals surface area contributed by atoms with Gasteiger partial charge in [-0.15, -0.1) is 0 Å². The van der Waals surface area contributed by atoms with E-state index in [1.807, 2.05) is 0 Å². The van der Waals surface area contributed by atoms with E-state index < -0.39 is 11.4 Å². The van der Waals surface area contributed by atoms with Crippen LogP contribution in [0.3, 0.4) is 0 Å². The lowest BCUT2D eigenvalue weighted by molar-refractivity contribution is 0.0790. The zero-order chi connectivity index (χ0) is 14.9. The summed E-state index contributed by atoms with van der Waals surface area (Å²) in [5.74, 6) is 0.576. The molecule has 0 atom stereocenters. The van der Waals surface area contributed by atoms with E-state index in [0.717, 1.165) is 0 Å². The number of hydrogen-bond donors (Lipinski definition) is 2. The van der Waals surface area contributed by atoms with Crippen molar-refractivity contribution in [2.75, 3.05) is 5.32 Å². The van der Waals surface area contributed by atoms with Gasteiger partial charge in [-0.1, -0.05) is 11.6 Å². The zero-order valence-electron chi connectivity index (χ0n) is 11.4. The first-order valence-corrected chi connectivity index (χ1v) is 6.44. The number of aryl methyl sites for hydroxylation is 1. The summed E-state index contributed by atoms with van der Waals surface area (Å²) in [6, 6.07) is 4.33. The molecule has 1 aromatic heterocycles.